The zero-order valence-electron chi connectivity index (χ0n) is 16.8. The fraction of sp³-hybridized carbons (Fsp3) is 0.391. The van der Waals surface area contributed by atoms with Gasteiger partial charge in [-0.25, -0.2) is 0 Å². The third kappa shape index (κ3) is 5.12. The van der Waals surface area contributed by atoms with E-state index < -0.39 is 0 Å². The van der Waals surface area contributed by atoms with Crippen molar-refractivity contribution in [3.8, 4) is 0 Å². The second kappa shape index (κ2) is 9.40. The zero-order chi connectivity index (χ0) is 19.9. The first kappa shape index (κ1) is 19.9. The molecule has 0 aromatic heterocycles. The van der Waals surface area contributed by atoms with Gasteiger partial charge in [0.25, 0.3) is 0 Å². The number of piperazine rings is 1. The Kier molecular flexibility index (Phi) is 6.69. The summed E-state index contributed by atoms with van der Waals surface area (Å²) in [6.45, 7) is 7.81. The van der Waals surface area contributed by atoms with E-state index in [4.69, 9.17) is 0 Å². The van der Waals surface area contributed by atoms with Crippen LogP contribution in [-0.4, -0.2) is 49.4 Å². The molecule has 0 unspecified atom stereocenters. The van der Waals surface area contributed by atoms with Crippen LogP contribution in [0.15, 0.2) is 48.5 Å². The van der Waals surface area contributed by atoms with Crippen LogP contribution in [0.5, 0.6) is 0 Å². The summed E-state index contributed by atoms with van der Waals surface area (Å²) in [5.41, 5.74) is 4.85. The monoisotopic (exact) mass is 379 g/mol. The predicted molar refractivity (Wildman–Crippen MR) is 112 cm³/mol. The molecule has 1 aliphatic rings. The highest BCUT2D eigenvalue weighted by atomic mass is 16.2. The van der Waals surface area contributed by atoms with Crippen LogP contribution < -0.4 is 10.2 Å². The molecule has 2 aromatic rings. The number of anilines is 1. The number of carbonyl (C=O) groups is 2. The summed E-state index contributed by atoms with van der Waals surface area (Å²) in [7, 11) is 0. The van der Waals surface area contributed by atoms with Gasteiger partial charge in [-0.15, -0.1) is 0 Å². The standard InChI is InChI=1S/C23H29N3O2/c1-18-7-6-10-21(19(18)2)25-13-15-26(16-14-25)23(28)11-12-24-22(27)17-20-8-4-3-5-9-20/h3-10H,11-17H2,1-2H3,(H,24,27). The van der Waals surface area contributed by atoms with E-state index in [2.05, 4.69) is 42.3 Å². The molecule has 1 heterocycles. The highest BCUT2D eigenvalue weighted by Crippen LogP contribution is 2.23. The van der Waals surface area contributed by atoms with Gasteiger partial charge < -0.3 is 15.1 Å². The fourth-order valence-electron chi connectivity index (χ4n) is 3.59. The summed E-state index contributed by atoms with van der Waals surface area (Å²) in [5.74, 6) is 0.0689. The van der Waals surface area contributed by atoms with Gasteiger partial charge in [0, 0.05) is 44.8 Å². The Hall–Kier alpha value is -2.82. The summed E-state index contributed by atoms with van der Waals surface area (Å²) in [4.78, 5) is 28.7. The van der Waals surface area contributed by atoms with E-state index in [1.165, 1.54) is 16.8 Å². The number of rotatable bonds is 6. The Morgan fingerprint density at radius 3 is 2.36 bits per heavy atom. The molecule has 2 amide bonds. The molecule has 28 heavy (non-hydrogen) atoms. The molecule has 1 fully saturated rings. The summed E-state index contributed by atoms with van der Waals surface area (Å²) in [5, 5.41) is 2.85. The molecular formula is C23H29N3O2. The third-order valence-corrected chi connectivity index (χ3v) is 5.42. The van der Waals surface area contributed by atoms with Crippen molar-refractivity contribution in [1.29, 1.82) is 0 Å². The van der Waals surface area contributed by atoms with Gasteiger partial charge in [-0.05, 0) is 36.6 Å². The minimum absolute atomic E-state index is 0.0428. The van der Waals surface area contributed by atoms with Gasteiger partial charge in [0.15, 0.2) is 0 Å². The second-order valence-electron chi connectivity index (χ2n) is 7.35. The average molecular weight is 380 g/mol. The van der Waals surface area contributed by atoms with Crippen molar-refractivity contribution < 1.29 is 9.59 Å². The number of nitrogens with zero attached hydrogens (tertiary/aromatic N) is 2. The minimum Gasteiger partial charge on any atom is -0.368 e. The molecule has 0 atom stereocenters. The van der Waals surface area contributed by atoms with Crippen LogP contribution in [0.1, 0.15) is 23.1 Å². The van der Waals surface area contributed by atoms with Gasteiger partial charge in [0.1, 0.15) is 0 Å². The number of hydrogen-bond donors (Lipinski definition) is 1. The van der Waals surface area contributed by atoms with E-state index in [-0.39, 0.29) is 11.8 Å². The van der Waals surface area contributed by atoms with Gasteiger partial charge in [-0.1, -0.05) is 42.5 Å². The van der Waals surface area contributed by atoms with Crippen LogP contribution in [0.3, 0.4) is 0 Å². The van der Waals surface area contributed by atoms with Gasteiger partial charge in [0.05, 0.1) is 6.42 Å². The highest BCUT2D eigenvalue weighted by molar-refractivity contribution is 5.80. The van der Waals surface area contributed by atoms with Crippen molar-refractivity contribution in [2.45, 2.75) is 26.7 Å². The Balaban J connectivity index is 1.40. The lowest BCUT2D eigenvalue weighted by Crippen LogP contribution is -2.49. The quantitative estimate of drug-likeness (QED) is 0.840. The molecule has 3 rings (SSSR count). The molecule has 1 saturated heterocycles. The van der Waals surface area contributed by atoms with Gasteiger partial charge in [-0.2, -0.15) is 0 Å². The lowest BCUT2D eigenvalue weighted by atomic mass is 10.1. The Bertz CT molecular complexity index is 812. The molecule has 0 radical (unpaired) electrons. The van der Waals surface area contributed by atoms with Crippen molar-refractivity contribution in [1.82, 2.24) is 10.2 Å². The number of hydrogen-bond acceptors (Lipinski definition) is 3. The first-order valence-corrected chi connectivity index (χ1v) is 9.94. The largest absolute Gasteiger partial charge is 0.368 e. The maximum Gasteiger partial charge on any atom is 0.224 e. The first-order valence-electron chi connectivity index (χ1n) is 9.94. The number of aryl methyl sites for hydroxylation is 1. The number of nitrogens with one attached hydrogen (secondary N) is 1. The van der Waals surface area contributed by atoms with E-state index in [1.54, 1.807) is 0 Å². The van der Waals surface area contributed by atoms with Crippen LogP contribution in [0.2, 0.25) is 0 Å². The number of carbonyl (C=O) groups excluding carboxylic acids is 2. The molecule has 0 aliphatic carbocycles. The van der Waals surface area contributed by atoms with Crippen molar-refractivity contribution in [3.05, 3.63) is 65.2 Å². The third-order valence-electron chi connectivity index (χ3n) is 5.42. The molecule has 2 aromatic carbocycles. The normalized spacial score (nSPS) is 14.1. The summed E-state index contributed by atoms with van der Waals surface area (Å²) < 4.78 is 0. The molecule has 1 aliphatic heterocycles. The molecule has 148 valence electrons. The van der Waals surface area contributed by atoms with Crippen molar-refractivity contribution in [2.75, 3.05) is 37.6 Å². The molecule has 0 bridgehead atoms. The number of benzene rings is 2. The van der Waals surface area contributed by atoms with Crippen LogP contribution in [0.4, 0.5) is 5.69 Å². The lowest BCUT2D eigenvalue weighted by Gasteiger charge is -2.37. The summed E-state index contributed by atoms with van der Waals surface area (Å²) >= 11 is 0. The molecule has 5 nitrogen and oxygen atoms in total. The topological polar surface area (TPSA) is 52.6 Å². The van der Waals surface area contributed by atoms with Crippen LogP contribution >= 0.6 is 0 Å². The van der Waals surface area contributed by atoms with Crippen LogP contribution in [-0.2, 0) is 16.0 Å². The van der Waals surface area contributed by atoms with Crippen molar-refractivity contribution >= 4 is 17.5 Å². The van der Waals surface area contributed by atoms with E-state index in [0.29, 0.717) is 19.4 Å². The van der Waals surface area contributed by atoms with Crippen LogP contribution in [0.25, 0.3) is 0 Å². The van der Waals surface area contributed by atoms with Gasteiger partial charge in [-0.3, -0.25) is 9.59 Å². The van der Waals surface area contributed by atoms with Crippen molar-refractivity contribution in [3.63, 3.8) is 0 Å². The van der Waals surface area contributed by atoms with Crippen LogP contribution in [0, 0.1) is 13.8 Å². The number of amides is 2. The van der Waals surface area contributed by atoms with E-state index >= 15 is 0 Å². The second-order valence-corrected chi connectivity index (χ2v) is 7.35. The molecule has 0 spiro atoms. The average Bonchev–Trinajstić information content (AvgIpc) is 2.71. The Morgan fingerprint density at radius 1 is 0.929 bits per heavy atom. The maximum absolute atomic E-state index is 12.5. The molecular weight excluding hydrogens is 350 g/mol. The van der Waals surface area contributed by atoms with Gasteiger partial charge in [0.2, 0.25) is 11.8 Å². The van der Waals surface area contributed by atoms with E-state index in [0.717, 1.165) is 31.7 Å². The predicted octanol–water partition coefficient (Wildman–Crippen LogP) is 2.70. The summed E-state index contributed by atoms with van der Waals surface area (Å²) in [6, 6.07) is 16.0. The van der Waals surface area contributed by atoms with E-state index in [9.17, 15) is 9.59 Å². The SMILES string of the molecule is Cc1cccc(N2CCN(C(=O)CCNC(=O)Cc3ccccc3)CC2)c1C. The lowest BCUT2D eigenvalue weighted by molar-refractivity contribution is -0.131. The summed E-state index contributed by atoms with van der Waals surface area (Å²) in [6.07, 6.45) is 0.702. The molecule has 5 heteroatoms. The molecule has 0 saturated carbocycles. The minimum atomic E-state index is -0.0428. The molecule has 1 N–H and O–H groups in total. The van der Waals surface area contributed by atoms with Gasteiger partial charge >= 0.3 is 0 Å². The highest BCUT2D eigenvalue weighted by Gasteiger charge is 2.22. The van der Waals surface area contributed by atoms with E-state index in [1.807, 2.05) is 35.2 Å². The van der Waals surface area contributed by atoms with Crippen molar-refractivity contribution in [2.24, 2.45) is 0 Å². The zero-order valence-corrected chi connectivity index (χ0v) is 16.8. The Labute approximate surface area is 167 Å². The maximum atomic E-state index is 12.5. The fourth-order valence-corrected chi connectivity index (χ4v) is 3.59. The Morgan fingerprint density at radius 2 is 1.64 bits per heavy atom. The first-order chi connectivity index (χ1) is 13.5. The smallest absolute Gasteiger partial charge is 0.224 e.